The van der Waals surface area contributed by atoms with Gasteiger partial charge in [0.2, 0.25) is 17.8 Å². The molecule has 3 heterocycles. The molecule has 0 aromatic carbocycles. The molecule has 1 aromatic rings. The Morgan fingerprint density at radius 2 is 1.48 bits per heavy atom. The maximum atomic E-state index is 5.54. The van der Waals surface area contributed by atoms with E-state index in [1.807, 2.05) is 0 Å². The molecule has 2 saturated heterocycles. The molecule has 3 fully saturated rings. The third-order valence-corrected chi connectivity index (χ3v) is 5.14. The van der Waals surface area contributed by atoms with Crippen molar-refractivity contribution < 1.29 is 0 Å². The van der Waals surface area contributed by atoms with Crippen LogP contribution in [0.1, 0.15) is 32.1 Å². The lowest BCUT2D eigenvalue weighted by molar-refractivity contribution is 0.494. The molecule has 3 N–H and O–H groups in total. The van der Waals surface area contributed by atoms with Gasteiger partial charge in [0.05, 0.1) is 0 Å². The van der Waals surface area contributed by atoms with Crippen molar-refractivity contribution in [2.75, 3.05) is 41.4 Å². The lowest BCUT2D eigenvalue weighted by Crippen LogP contribution is -2.27. The molecule has 2 aliphatic heterocycles. The summed E-state index contributed by atoms with van der Waals surface area (Å²) in [6.07, 6.45) is 6.51. The number of fused-ring (bicyclic) bond motifs is 1. The van der Waals surface area contributed by atoms with Gasteiger partial charge in [-0.1, -0.05) is 6.42 Å². The number of hydrogen-bond donors (Lipinski definition) is 2. The highest BCUT2D eigenvalue weighted by Crippen LogP contribution is 2.39. The third kappa shape index (κ3) is 2.39. The van der Waals surface area contributed by atoms with Crippen LogP contribution in [0.5, 0.6) is 0 Å². The Morgan fingerprint density at radius 1 is 0.857 bits per heavy atom. The van der Waals surface area contributed by atoms with Gasteiger partial charge in [0.15, 0.2) is 0 Å². The number of aromatic nitrogens is 3. The minimum Gasteiger partial charge on any atom is -0.341 e. The van der Waals surface area contributed by atoms with Crippen LogP contribution >= 0.6 is 0 Å². The second kappa shape index (κ2) is 5.29. The number of nitrogen functional groups attached to an aromatic ring is 1. The SMILES string of the molecule is NNc1nc(N2CCCC2)nc(N2CC3CCCC3C2)n1. The van der Waals surface area contributed by atoms with Crippen LogP contribution < -0.4 is 21.1 Å². The van der Waals surface area contributed by atoms with Gasteiger partial charge in [-0.05, 0) is 37.5 Å². The van der Waals surface area contributed by atoms with Gasteiger partial charge in [0.1, 0.15) is 0 Å². The molecule has 0 radical (unpaired) electrons. The molecule has 1 saturated carbocycles. The summed E-state index contributed by atoms with van der Waals surface area (Å²) >= 11 is 0. The summed E-state index contributed by atoms with van der Waals surface area (Å²) in [5.74, 6) is 9.21. The molecule has 7 heteroatoms. The third-order valence-electron chi connectivity index (χ3n) is 5.14. The average Bonchev–Trinajstić information content (AvgIpc) is 3.22. The fraction of sp³-hybridized carbons (Fsp3) is 0.786. The van der Waals surface area contributed by atoms with Gasteiger partial charge in [-0.3, -0.25) is 5.43 Å². The maximum absolute atomic E-state index is 5.54. The number of nitrogens with one attached hydrogen (secondary N) is 1. The molecule has 21 heavy (non-hydrogen) atoms. The van der Waals surface area contributed by atoms with E-state index >= 15 is 0 Å². The highest BCUT2D eigenvalue weighted by Gasteiger charge is 2.37. The number of hydrazine groups is 1. The van der Waals surface area contributed by atoms with Crippen molar-refractivity contribution in [3.63, 3.8) is 0 Å². The molecule has 1 aliphatic carbocycles. The molecular weight excluding hydrogens is 266 g/mol. The van der Waals surface area contributed by atoms with Crippen LogP contribution in [0, 0.1) is 11.8 Å². The van der Waals surface area contributed by atoms with E-state index in [1.165, 1.54) is 32.1 Å². The first-order chi connectivity index (χ1) is 10.3. The number of rotatable bonds is 3. The second-order valence-electron chi connectivity index (χ2n) is 6.45. The molecule has 1 aromatic heterocycles. The van der Waals surface area contributed by atoms with E-state index in [4.69, 9.17) is 10.8 Å². The van der Waals surface area contributed by atoms with Crippen molar-refractivity contribution in [1.29, 1.82) is 0 Å². The van der Waals surface area contributed by atoms with Gasteiger partial charge in [-0.15, -0.1) is 0 Å². The van der Waals surface area contributed by atoms with Crippen LogP contribution in [-0.4, -0.2) is 41.1 Å². The number of nitrogens with zero attached hydrogens (tertiary/aromatic N) is 5. The zero-order chi connectivity index (χ0) is 14.2. The molecule has 0 bridgehead atoms. The first-order valence-electron chi connectivity index (χ1n) is 8.06. The molecule has 0 spiro atoms. The zero-order valence-corrected chi connectivity index (χ0v) is 12.3. The Morgan fingerprint density at radius 3 is 2.10 bits per heavy atom. The monoisotopic (exact) mass is 289 g/mol. The van der Waals surface area contributed by atoms with Crippen molar-refractivity contribution in [3.8, 4) is 0 Å². The Bertz CT molecular complexity index is 502. The van der Waals surface area contributed by atoms with E-state index in [0.717, 1.165) is 49.9 Å². The van der Waals surface area contributed by atoms with Crippen LogP contribution in [0.25, 0.3) is 0 Å². The van der Waals surface area contributed by atoms with E-state index in [1.54, 1.807) is 0 Å². The van der Waals surface area contributed by atoms with E-state index in [-0.39, 0.29) is 0 Å². The van der Waals surface area contributed by atoms with Crippen molar-refractivity contribution in [3.05, 3.63) is 0 Å². The van der Waals surface area contributed by atoms with E-state index in [0.29, 0.717) is 5.95 Å². The smallest absolute Gasteiger partial charge is 0.243 e. The summed E-state index contributed by atoms with van der Waals surface area (Å²) in [5, 5.41) is 0. The van der Waals surface area contributed by atoms with Crippen LogP contribution in [0.2, 0.25) is 0 Å². The van der Waals surface area contributed by atoms with Gasteiger partial charge in [-0.2, -0.15) is 15.0 Å². The first-order valence-corrected chi connectivity index (χ1v) is 8.06. The molecule has 2 unspecified atom stereocenters. The van der Waals surface area contributed by atoms with E-state index < -0.39 is 0 Å². The predicted octanol–water partition coefficient (Wildman–Crippen LogP) is 0.994. The van der Waals surface area contributed by atoms with Crippen molar-refractivity contribution in [1.82, 2.24) is 15.0 Å². The summed E-state index contributed by atoms with van der Waals surface area (Å²) in [4.78, 5) is 18.1. The molecule has 114 valence electrons. The van der Waals surface area contributed by atoms with Crippen LogP contribution in [0.15, 0.2) is 0 Å². The lowest BCUT2D eigenvalue weighted by atomic mass is 10.0. The van der Waals surface area contributed by atoms with Crippen LogP contribution in [0.3, 0.4) is 0 Å². The highest BCUT2D eigenvalue weighted by molar-refractivity contribution is 5.46. The number of nitrogens with two attached hydrogens (primary N) is 1. The minimum atomic E-state index is 0.471. The summed E-state index contributed by atoms with van der Waals surface area (Å²) in [7, 11) is 0. The van der Waals surface area contributed by atoms with Crippen LogP contribution in [0.4, 0.5) is 17.8 Å². The summed E-state index contributed by atoms with van der Waals surface area (Å²) in [5.41, 5.74) is 2.59. The van der Waals surface area contributed by atoms with Crippen molar-refractivity contribution >= 4 is 17.8 Å². The van der Waals surface area contributed by atoms with Gasteiger partial charge < -0.3 is 9.80 Å². The van der Waals surface area contributed by atoms with Crippen molar-refractivity contribution in [2.24, 2.45) is 17.7 Å². The largest absolute Gasteiger partial charge is 0.341 e. The topological polar surface area (TPSA) is 83.2 Å². The second-order valence-corrected chi connectivity index (χ2v) is 6.45. The number of anilines is 3. The summed E-state index contributed by atoms with van der Waals surface area (Å²) in [6.45, 7) is 4.22. The number of hydrogen-bond acceptors (Lipinski definition) is 7. The predicted molar refractivity (Wildman–Crippen MR) is 82.1 cm³/mol. The van der Waals surface area contributed by atoms with Gasteiger partial charge in [0.25, 0.3) is 0 Å². The summed E-state index contributed by atoms with van der Waals surface area (Å²) in [6, 6.07) is 0. The lowest BCUT2D eigenvalue weighted by Gasteiger charge is -2.21. The Labute approximate surface area is 124 Å². The fourth-order valence-corrected chi connectivity index (χ4v) is 4.02. The Hall–Kier alpha value is -1.63. The molecular formula is C14H23N7. The van der Waals surface area contributed by atoms with E-state index in [9.17, 15) is 0 Å². The quantitative estimate of drug-likeness (QED) is 0.634. The van der Waals surface area contributed by atoms with Gasteiger partial charge >= 0.3 is 0 Å². The van der Waals surface area contributed by atoms with Gasteiger partial charge in [0, 0.05) is 26.2 Å². The fourth-order valence-electron chi connectivity index (χ4n) is 4.02. The highest BCUT2D eigenvalue weighted by atomic mass is 15.4. The molecule has 7 nitrogen and oxygen atoms in total. The minimum absolute atomic E-state index is 0.471. The van der Waals surface area contributed by atoms with Crippen molar-refractivity contribution in [2.45, 2.75) is 32.1 Å². The molecule has 0 amide bonds. The standard InChI is InChI=1S/C14H23N7/c15-19-12-16-13(20-6-1-2-7-20)18-14(17-12)21-8-10-4-3-5-11(10)9-21/h10-11H,1-9,15H2,(H,16,17,18,19). The maximum Gasteiger partial charge on any atom is 0.243 e. The molecule has 3 aliphatic rings. The normalized spacial score (nSPS) is 28.2. The zero-order valence-electron chi connectivity index (χ0n) is 12.3. The molecule has 4 rings (SSSR count). The van der Waals surface area contributed by atoms with Crippen LogP contribution in [-0.2, 0) is 0 Å². The first kappa shape index (κ1) is 13.1. The van der Waals surface area contributed by atoms with E-state index in [2.05, 4.69) is 25.2 Å². The summed E-state index contributed by atoms with van der Waals surface area (Å²) < 4.78 is 0. The average molecular weight is 289 g/mol. The Balaban J connectivity index is 1.60. The molecule has 2 atom stereocenters. The Kier molecular flexibility index (Phi) is 3.29. The van der Waals surface area contributed by atoms with Gasteiger partial charge in [-0.25, -0.2) is 5.84 Å².